The number of hydrogen-bond acceptors (Lipinski definition) is 3. The molecule has 1 amide bonds. The molecule has 1 heterocycles. The van der Waals surface area contributed by atoms with Gasteiger partial charge in [0.15, 0.2) is 0 Å². The largest absolute Gasteiger partial charge is 0.356 e. The highest BCUT2D eigenvalue weighted by molar-refractivity contribution is 7.99. The quantitative estimate of drug-likeness (QED) is 0.849. The van der Waals surface area contributed by atoms with Gasteiger partial charge in [-0.1, -0.05) is 18.2 Å². The molecule has 1 aromatic carbocycles. The molecule has 4 heteroatoms. The second-order valence-electron chi connectivity index (χ2n) is 6.30. The summed E-state index contributed by atoms with van der Waals surface area (Å²) in [7, 11) is 2.24. The van der Waals surface area contributed by atoms with Crippen LogP contribution >= 0.6 is 11.8 Å². The highest BCUT2D eigenvalue weighted by atomic mass is 32.2. The summed E-state index contributed by atoms with van der Waals surface area (Å²) in [6.45, 7) is 2.01. The first-order chi connectivity index (χ1) is 10.2. The van der Waals surface area contributed by atoms with Crippen molar-refractivity contribution in [3.63, 3.8) is 0 Å². The fraction of sp³-hybridized carbons (Fsp3) is 0.588. The maximum atomic E-state index is 11.5. The van der Waals surface area contributed by atoms with E-state index >= 15 is 0 Å². The number of carbonyl (C=O) groups excluding carboxylic acids is 1. The topological polar surface area (TPSA) is 32.3 Å². The van der Waals surface area contributed by atoms with E-state index in [1.54, 1.807) is 0 Å². The van der Waals surface area contributed by atoms with Crippen molar-refractivity contribution in [1.82, 2.24) is 10.2 Å². The van der Waals surface area contributed by atoms with Crippen LogP contribution in [0.25, 0.3) is 0 Å². The molecule has 2 fully saturated rings. The molecule has 21 heavy (non-hydrogen) atoms. The predicted molar refractivity (Wildman–Crippen MR) is 87.4 cm³/mol. The van der Waals surface area contributed by atoms with Crippen LogP contribution in [0, 0.1) is 11.8 Å². The molecule has 0 radical (unpaired) electrons. The van der Waals surface area contributed by atoms with Crippen molar-refractivity contribution in [2.75, 3.05) is 25.9 Å². The Morgan fingerprint density at radius 1 is 1.24 bits per heavy atom. The molecule has 3 rings (SSSR count). The number of hydrogen-bond donors (Lipinski definition) is 1. The zero-order valence-electron chi connectivity index (χ0n) is 12.6. The zero-order chi connectivity index (χ0) is 14.7. The lowest BCUT2D eigenvalue weighted by molar-refractivity contribution is -0.124. The van der Waals surface area contributed by atoms with Crippen LogP contribution in [-0.4, -0.2) is 42.7 Å². The number of thioether (sulfide) groups is 1. The maximum Gasteiger partial charge on any atom is 0.220 e. The van der Waals surface area contributed by atoms with Gasteiger partial charge in [-0.05, 0) is 43.9 Å². The number of rotatable bonds is 5. The van der Waals surface area contributed by atoms with Gasteiger partial charge in [0, 0.05) is 36.2 Å². The van der Waals surface area contributed by atoms with E-state index in [0.29, 0.717) is 17.9 Å². The number of nitrogens with zero attached hydrogens (tertiary/aromatic N) is 1. The summed E-state index contributed by atoms with van der Waals surface area (Å²) in [4.78, 5) is 15.3. The highest BCUT2D eigenvalue weighted by Crippen LogP contribution is 2.38. The van der Waals surface area contributed by atoms with Crippen LogP contribution in [0.5, 0.6) is 0 Å². The van der Waals surface area contributed by atoms with E-state index in [1.807, 2.05) is 11.8 Å². The number of carbonyl (C=O) groups is 1. The molecule has 1 aliphatic heterocycles. The highest BCUT2D eigenvalue weighted by Gasteiger charge is 2.39. The fourth-order valence-electron chi connectivity index (χ4n) is 3.60. The van der Waals surface area contributed by atoms with Crippen LogP contribution in [0.4, 0.5) is 0 Å². The lowest BCUT2D eigenvalue weighted by atomic mass is 9.89. The second kappa shape index (κ2) is 6.84. The Balaban J connectivity index is 1.44. The van der Waals surface area contributed by atoms with Gasteiger partial charge in [0.05, 0.1) is 0 Å². The van der Waals surface area contributed by atoms with Gasteiger partial charge in [0.1, 0.15) is 0 Å². The van der Waals surface area contributed by atoms with Gasteiger partial charge in [-0.25, -0.2) is 0 Å². The predicted octanol–water partition coefficient (Wildman–Crippen LogP) is 2.63. The van der Waals surface area contributed by atoms with Crippen molar-refractivity contribution in [2.45, 2.75) is 30.2 Å². The molecule has 3 nitrogen and oxygen atoms in total. The summed E-state index contributed by atoms with van der Waals surface area (Å²) < 4.78 is 0. The van der Waals surface area contributed by atoms with Gasteiger partial charge < -0.3 is 10.2 Å². The minimum Gasteiger partial charge on any atom is -0.356 e. The first-order valence-electron chi connectivity index (χ1n) is 7.87. The van der Waals surface area contributed by atoms with Crippen molar-refractivity contribution in [3.8, 4) is 0 Å². The lowest BCUT2D eigenvalue weighted by Gasteiger charge is -2.24. The van der Waals surface area contributed by atoms with Gasteiger partial charge in [0.2, 0.25) is 5.91 Å². The minimum absolute atomic E-state index is 0.249. The van der Waals surface area contributed by atoms with Gasteiger partial charge in [-0.3, -0.25) is 4.79 Å². The van der Waals surface area contributed by atoms with E-state index in [9.17, 15) is 4.79 Å². The molecule has 2 aliphatic rings. The van der Waals surface area contributed by atoms with Crippen molar-refractivity contribution in [1.29, 1.82) is 0 Å². The summed E-state index contributed by atoms with van der Waals surface area (Å²) >= 11 is 1.93. The van der Waals surface area contributed by atoms with Crippen LogP contribution in [0.15, 0.2) is 35.2 Å². The standard InChI is InChI=1S/C17H24N2OS/c1-19(7-8-21-16-5-3-2-4-6-16)15-9-13-11-17(20)18-12-14(13)10-15/h2-6,13-15H,7-12H2,1H3,(H,18,20)/t13-,14+,15-/m1/s1. The van der Waals surface area contributed by atoms with E-state index in [-0.39, 0.29) is 5.91 Å². The summed E-state index contributed by atoms with van der Waals surface area (Å²) in [5, 5.41) is 3.02. The second-order valence-corrected chi connectivity index (χ2v) is 7.46. The van der Waals surface area contributed by atoms with Gasteiger partial charge >= 0.3 is 0 Å². The third-order valence-corrected chi connectivity index (χ3v) is 5.90. The number of fused-ring (bicyclic) bond motifs is 1. The van der Waals surface area contributed by atoms with E-state index in [1.165, 1.54) is 17.7 Å². The summed E-state index contributed by atoms with van der Waals surface area (Å²) in [6, 6.07) is 11.3. The first kappa shape index (κ1) is 14.9. The molecule has 1 aliphatic carbocycles. The normalized spacial score (nSPS) is 28.5. The lowest BCUT2D eigenvalue weighted by Crippen LogP contribution is -2.38. The zero-order valence-corrected chi connectivity index (χ0v) is 13.4. The number of amides is 1. The van der Waals surface area contributed by atoms with Crippen molar-refractivity contribution in [3.05, 3.63) is 30.3 Å². The summed E-state index contributed by atoms with van der Waals surface area (Å²) in [6.07, 6.45) is 3.19. The van der Waals surface area contributed by atoms with Crippen LogP contribution in [-0.2, 0) is 4.79 Å². The van der Waals surface area contributed by atoms with Gasteiger partial charge in [-0.2, -0.15) is 0 Å². The Labute approximate surface area is 131 Å². The molecule has 1 aromatic rings. The van der Waals surface area contributed by atoms with Gasteiger partial charge in [0.25, 0.3) is 0 Å². The van der Waals surface area contributed by atoms with Crippen molar-refractivity contribution >= 4 is 17.7 Å². The van der Waals surface area contributed by atoms with Crippen LogP contribution in [0.2, 0.25) is 0 Å². The van der Waals surface area contributed by atoms with E-state index in [2.05, 4.69) is 47.6 Å². The maximum absolute atomic E-state index is 11.5. The summed E-state index contributed by atoms with van der Waals surface area (Å²) in [5.41, 5.74) is 0. The molecular formula is C17H24N2OS. The van der Waals surface area contributed by atoms with E-state index in [0.717, 1.165) is 25.3 Å². The van der Waals surface area contributed by atoms with E-state index < -0.39 is 0 Å². The first-order valence-corrected chi connectivity index (χ1v) is 8.85. The molecule has 1 N–H and O–H groups in total. The van der Waals surface area contributed by atoms with Crippen LogP contribution in [0.3, 0.4) is 0 Å². The third kappa shape index (κ3) is 3.80. The van der Waals surface area contributed by atoms with Crippen LogP contribution < -0.4 is 5.32 Å². The molecule has 0 aromatic heterocycles. The molecule has 114 valence electrons. The Kier molecular flexibility index (Phi) is 4.86. The smallest absolute Gasteiger partial charge is 0.220 e. The average Bonchev–Trinajstić information content (AvgIpc) is 2.91. The number of benzene rings is 1. The SMILES string of the molecule is CN(CCSc1ccccc1)[C@H]1C[C@H]2CNC(=O)C[C@H]2C1. The number of nitrogens with one attached hydrogen (secondary N) is 1. The molecule has 1 saturated carbocycles. The van der Waals surface area contributed by atoms with Crippen molar-refractivity contribution < 1.29 is 4.79 Å². The third-order valence-electron chi connectivity index (χ3n) is 4.90. The van der Waals surface area contributed by atoms with Gasteiger partial charge in [-0.15, -0.1) is 11.8 Å². The van der Waals surface area contributed by atoms with Crippen LogP contribution in [0.1, 0.15) is 19.3 Å². The molecule has 0 spiro atoms. The molecule has 0 unspecified atom stereocenters. The van der Waals surface area contributed by atoms with Crippen molar-refractivity contribution in [2.24, 2.45) is 11.8 Å². The Morgan fingerprint density at radius 2 is 2.00 bits per heavy atom. The Hall–Kier alpha value is -1.00. The summed E-state index contributed by atoms with van der Waals surface area (Å²) in [5.74, 6) is 2.70. The Bertz CT molecular complexity index is 479. The minimum atomic E-state index is 0.249. The molecule has 3 atom stereocenters. The van der Waals surface area contributed by atoms with E-state index in [4.69, 9.17) is 0 Å². The number of piperidine rings is 1. The monoisotopic (exact) mass is 304 g/mol. The molecule has 0 bridgehead atoms. The average molecular weight is 304 g/mol. The Morgan fingerprint density at radius 3 is 2.81 bits per heavy atom. The molecule has 1 saturated heterocycles. The molecular weight excluding hydrogens is 280 g/mol. The fourth-order valence-corrected chi connectivity index (χ4v) is 4.57.